The van der Waals surface area contributed by atoms with Gasteiger partial charge in [-0.15, -0.1) is 0 Å². The Bertz CT molecular complexity index is 477. The Balaban J connectivity index is 2.11. The Morgan fingerprint density at radius 1 is 1.33 bits per heavy atom. The summed E-state index contributed by atoms with van der Waals surface area (Å²) >= 11 is 0. The number of ether oxygens (including phenoxy) is 1. The van der Waals surface area contributed by atoms with Crippen molar-refractivity contribution in [1.82, 2.24) is 4.90 Å². The third-order valence-corrected chi connectivity index (χ3v) is 4.01. The minimum atomic E-state index is -0.217. The van der Waals surface area contributed by atoms with E-state index in [4.69, 9.17) is 4.74 Å². The van der Waals surface area contributed by atoms with Crippen molar-refractivity contribution in [3.63, 3.8) is 0 Å². The SMILES string of the molecule is CCN(CC)C(=O)c1ccccc1NCC1(CO)COC1. The van der Waals surface area contributed by atoms with Crippen LogP contribution in [0.15, 0.2) is 24.3 Å². The van der Waals surface area contributed by atoms with Gasteiger partial charge in [0, 0.05) is 25.3 Å². The molecule has 116 valence electrons. The van der Waals surface area contributed by atoms with E-state index in [1.807, 2.05) is 38.1 Å². The minimum absolute atomic E-state index is 0.0333. The van der Waals surface area contributed by atoms with Gasteiger partial charge in [-0.2, -0.15) is 0 Å². The fourth-order valence-electron chi connectivity index (χ4n) is 2.43. The number of para-hydroxylation sites is 1. The molecule has 1 saturated heterocycles. The zero-order chi connectivity index (χ0) is 15.3. The second kappa shape index (κ2) is 6.91. The maximum Gasteiger partial charge on any atom is 0.255 e. The second-order valence-corrected chi connectivity index (χ2v) is 5.53. The van der Waals surface area contributed by atoms with Crippen molar-refractivity contribution in [2.75, 3.05) is 44.8 Å². The predicted molar refractivity (Wildman–Crippen MR) is 82.5 cm³/mol. The van der Waals surface area contributed by atoms with E-state index in [9.17, 15) is 9.90 Å². The summed E-state index contributed by atoms with van der Waals surface area (Å²) in [5.41, 5.74) is 1.27. The minimum Gasteiger partial charge on any atom is -0.396 e. The first-order valence-electron chi connectivity index (χ1n) is 7.46. The highest BCUT2D eigenvalue weighted by Crippen LogP contribution is 2.28. The Hall–Kier alpha value is -1.59. The molecule has 0 unspecified atom stereocenters. The van der Waals surface area contributed by atoms with Crippen LogP contribution in [-0.4, -0.2) is 55.4 Å². The van der Waals surface area contributed by atoms with Crippen molar-refractivity contribution < 1.29 is 14.6 Å². The van der Waals surface area contributed by atoms with Crippen LogP contribution in [0.3, 0.4) is 0 Å². The van der Waals surface area contributed by atoms with E-state index >= 15 is 0 Å². The van der Waals surface area contributed by atoms with E-state index in [0.29, 0.717) is 38.4 Å². The maximum atomic E-state index is 12.5. The average molecular weight is 292 g/mol. The molecule has 0 bridgehead atoms. The van der Waals surface area contributed by atoms with E-state index in [2.05, 4.69) is 5.32 Å². The van der Waals surface area contributed by atoms with Crippen molar-refractivity contribution in [1.29, 1.82) is 0 Å². The van der Waals surface area contributed by atoms with Crippen molar-refractivity contribution in [3.05, 3.63) is 29.8 Å². The molecule has 1 aromatic rings. The number of carbonyl (C=O) groups is 1. The first-order valence-corrected chi connectivity index (χ1v) is 7.46. The molecule has 0 spiro atoms. The highest BCUT2D eigenvalue weighted by molar-refractivity contribution is 5.99. The Morgan fingerprint density at radius 2 is 2.00 bits per heavy atom. The fourth-order valence-corrected chi connectivity index (χ4v) is 2.43. The molecule has 1 fully saturated rings. The summed E-state index contributed by atoms with van der Waals surface area (Å²) in [5, 5.41) is 12.8. The molecule has 1 aromatic carbocycles. The molecule has 1 aliphatic rings. The van der Waals surface area contributed by atoms with Crippen molar-refractivity contribution in [2.24, 2.45) is 5.41 Å². The summed E-state index contributed by atoms with van der Waals surface area (Å²) in [5.74, 6) is 0.0333. The van der Waals surface area contributed by atoms with Gasteiger partial charge >= 0.3 is 0 Å². The van der Waals surface area contributed by atoms with Crippen LogP contribution in [0.1, 0.15) is 24.2 Å². The largest absolute Gasteiger partial charge is 0.396 e. The molecule has 0 saturated carbocycles. The quantitative estimate of drug-likeness (QED) is 0.801. The first kappa shape index (κ1) is 15.8. The zero-order valence-corrected chi connectivity index (χ0v) is 12.8. The maximum absolute atomic E-state index is 12.5. The van der Waals surface area contributed by atoms with Crippen molar-refractivity contribution in [3.8, 4) is 0 Å². The fraction of sp³-hybridized carbons (Fsp3) is 0.562. The first-order chi connectivity index (χ1) is 10.2. The standard InChI is InChI=1S/C16H24N2O3/c1-3-18(4-2)15(20)13-7-5-6-8-14(13)17-9-16(10-19)11-21-12-16/h5-8,17,19H,3-4,9-12H2,1-2H3. The van der Waals surface area contributed by atoms with Gasteiger partial charge < -0.3 is 20.1 Å². The zero-order valence-electron chi connectivity index (χ0n) is 12.8. The number of amides is 1. The van der Waals surface area contributed by atoms with Crippen LogP contribution in [-0.2, 0) is 4.74 Å². The summed E-state index contributed by atoms with van der Waals surface area (Å²) < 4.78 is 5.19. The summed E-state index contributed by atoms with van der Waals surface area (Å²) in [6.07, 6.45) is 0. The van der Waals surface area contributed by atoms with Gasteiger partial charge in [-0.3, -0.25) is 4.79 Å². The summed E-state index contributed by atoms with van der Waals surface area (Å²) in [7, 11) is 0. The molecule has 0 radical (unpaired) electrons. The van der Waals surface area contributed by atoms with Gasteiger partial charge in [0.2, 0.25) is 0 Å². The van der Waals surface area contributed by atoms with Gasteiger partial charge in [-0.05, 0) is 26.0 Å². The lowest BCUT2D eigenvalue weighted by atomic mass is 9.87. The molecule has 2 N–H and O–H groups in total. The highest BCUT2D eigenvalue weighted by atomic mass is 16.5. The number of nitrogens with zero attached hydrogens (tertiary/aromatic N) is 1. The Labute approximate surface area is 125 Å². The van der Waals surface area contributed by atoms with Crippen LogP contribution >= 0.6 is 0 Å². The molecular weight excluding hydrogens is 268 g/mol. The van der Waals surface area contributed by atoms with Gasteiger partial charge in [0.25, 0.3) is 5.91 Å². The van der Waals surface area contributed by atoms with Crippen LogP contribution in [0.25, 0.3) is 0 Å². The number of hydrogen-bond donors (Lipinski definition) is 2. The number of rotatable bonds is 7. The van der Waals surface area contributed by atoms with Gasteiger partial charge in [0.05, 0.1) is 30.8 Å². The molecule has 1 amide bonds. The molecule has 2 rings (SSSR count). The van der Waals surface area contributed by atoms with Crippen LogP contribution < -0.4 is 5.32 Å². The number of nitrogens with one attached hydrogen (secondary N) is 1. The van der Waals surface area contributed by atoms with Crippen LogP contribution in [0, 0.1) is 5.41 Å². The topological polar surface area (TPSA) is 61.8 Å². The number of aliphatic hydroxyl groups excluding tert-OH is 1. The van der Waals surface area contributed by atoms with Crippen molar-refractivity contribution in [2.45, 2.75) is 13.8 Å². The van der Waals surface area contributed by atoms with Gasteiger partial charge in [0.1, 0.15) is 0 Å². The normalized spacial score (nSPS) is 16.1. The van der Waals surface area contributed by atoms with Crippen LogP contribution in [0.2, 0.25) is 0 Å². The molecule has 5 nitrogen and oxygen atoms in total. The van der Waals surface area contributed by atoms with E-state index in [1.54, 1.807) is 4.90 Å². The number of benzene rings is 1. The molecular formula is C16H24N2O3. The summed E-state index contributed by atoms with van der Waals surface area (Å²) in [6.45, 7) is 7.15. The Morgan fingerprint density at radius 3 is 2.52 bits per heavy atom. The number of carbonyl (C=O) groups excluding carboxylic acids is 1. The molecule has 0 aliphatic carbocycles. The van der Waals surface area contributed by atoms with Gasteiger partial charge in [0.15, 0.2) is 0 Å². The Kier molecular flexibility index (Phi) is 5.20. The van der Waals surface area contributed by atoms with Crippen molar-refractivity contribution >= 4 is 11.6 Å². The van der Waals surface area contributed by atoms with E-state index in [0.717, 1.165) is 5.69 Å². The number of anilines is 1. The lowest BCUT2D eigenvalue weighted by molar-refractivity contribution is -0.128. The van der Waals surface area contributed by atoms with Crippen LogP contribution in [0.5, 0.6) is 0 Å². The number of aliphatic hydroxyl groups is 1. The monoisotopic (exact) mass is 292 g/mol. The molecule has 1 aliphatic heterocycles. The van der Waals surface area contributed by atoms with Crippen LogP contribution in [0.4, 0.5) is 5.69 Å². The second-order valence-electron chi connectivity index (χ2n) is 5.53. The highest BCUT2D eigenvalue weighted by Gasteiger charge is 2.38. The summed E-state index contributed by atoms with van der Waals surface area (Å²) in [6, 6.07) is 7.52. The molecule has 5 heteroatoms. The lowest BCUT2D eigenvalue weighted by Gasteiger charge is -2.40. The third kappa shape index (κ3) is 3.36. The summed E-state index contributed by atoms with van der Waals surface area (Å²) in [4.78, 5) is 14.3. The van der Waals surface area contributed by atoms with E-state index < -0.39 is 0 Å². The van der Waals surface area contributed by atoms with E-state index in [1.165, 1.54) is 0 Å². The lowest BCUT2D eigenvalue weighted by Crippen LogP contribution is -2.50. The molecule has 0 atom stereocenters. The van der Waals surface area contributed by atoms with Gasteiger partial charge in [-0.1, -0.05) is 12.1 Å². The number of hydrogen-bond acceptors (Lipinski definition) is 4. The third-order valence-electron chi connectivity index (χ3n) is 4.01. The molecule has 21 heavy (non-hydrogen) atoms. The average Bonchev–Trinajstić information content (AvgIpc) is 2.48. The molecule has 1 heterocycles. The van der Waals surface area contributed by atoms with Gasteiger partial charge in [-0.25, -0.2) is 0 Å². The smallest absolute Gasteiger partial charge is 0.255 e. The predicted octanol–water partition coefficient (Wildman–Crippen LogP) is 1.59. The molecule has 0 aromatic heterocycles. The van der Waals surface area contributed by atoms with E-state index in [-0.39, 0.29) is 17.9 Å².